The second-order valence-corrected chi connectivity index (χ2v) is 10.4. The molecule has 4 rings (SSSR count). The highest BCUT2D eigenvalue weighted by molar-refractivity contribution is 6.55. The van der Waals surface area contributed by atoms with E-state index in [-0.39, 0.29) is 40.0 Å². The molecule has 1 aliphatic carbocycles. The molecule has 0 radical (unpaired) electrons. The Labute approximate surface area is 213 Å². The van der Waals surface area contributed by atoms with Gasteiger partial charge in [-0.1, -0.05) is 67.4 Å². The SMILES string of the molecule is COC(=O)C1=C(C(=O)OC)C2(Cc3ccccc3)C=C(COC(=O)[C@@H]3[C@H](C=C(Cl)Cl)C3(C)C)C1O2. The molecule has 2 aliphatic heterocycles. The molecule has 0 spiro atoms. The van der Waals surface area contributed by atoms with E-state index in [2.05, 4.69) is 0 Å². The second kappa shape index (κ2) is 9.45. The fourth-order valence-electron chi connectivity index (χ4n) is 5.15. The number of esters is 3. The van der Waals surface area contributed by atoms with Gasteiger partial charge >= 0.3 is 17.9 Å². The molecule has 1 fully saturated rings. The van der Waals surface area contributed by atoms with Crippen LogP contribution in [0.1, 0.15) is 19.4 Å². The summed E-state index contributed by atoms with van der Waals surface area (Å²) < 4.78 is 22.0. The van der Waals surface area contributed by atoms with Crippen LogP contribution in [-0.4, -0.2) is 50.4 Å². The Kier molecular flexibility index (Phi) is 6.88. The van der Waals surface area contributed by atoms with Gasteiger partial charge in [-0.15, -0.1) is 0 Å². The number of benzene rings is 1. The quantitative estimate of drug-likeness (QED) is 0.289. The molecule has 4 atom stereocenters. The number of carbonyl (C=O) groups excluding carboxylic acids is 3. The monoisotopic (exact) mass is 520 g/mol. The predicted molar refractivity (Wildman–Crippen MR) is 128 cm³/mol. The first-order chi connectivity index (χ1) is 16.6. The van der Waals surface area contributed by atoms with E-state index in [4.69, 9.17) is 42.1 Å². The normalized spacial score (nSPS) is 27.7. The van der Waals surface area contributed by atoms with Crippen LogP contribution in [0.3, 0.4) is 0 Å². The highest BCUT2D eigenvalue weighted by Crippen LogP contribution is 2.60. The molecule has 1 aromatic rings. The number of hydrogen-bond acceptors (Lipinski definition) is 7. The van der Waals surface area contributed by atoms with E-state index in [1.807, 2.05) is 44.2 Å². The molecule has 186 valence electrons. The van der Waals surface area contributed by atoms with Crippen LogP contribution in [0.4, 0.5) is 0 Å². The van der Waals surface area contributed by atoms with Crippen molar-refractivity contribution in [2.45, 2.75) is 32.0 Å². The summed E-state index contributed by atoms with van der Waals surface area (Å²) in [7, 11) is 2.47. The van der Waals surface area contributed by atoms with E-state index in [1.54, 1.807) is 12.2 Å². The van der Waals surface area contributed by atoms with Gasteiger partial charge in [0.25, 0.3) is 0 Å². The zero-order chi connectivity index (χ0) is 25.5. The van der Waals surface area contributed by atoms with Crippen LogP contribution in [0.5, 0.6) is 0 Å². The van der Waals surface area contributed by atoms with Crippen LogP contribution in [0.15, 0.2) is 63.7 Å². The molecule has 1 aromatic carbocycles. The third-order valence-corrected chi connectivity index (χ3v) is 7.25. The zero-order valence-corrected chi connectivity index (χ0v) is 21.3. The maximum absolute atomic E-state index is 12.9. The fourth-order valence-corrected chi connectivity index (χ4v) is 5.42. The number of halogens is 2. The molecule has 0 N–H and O–H groups in total. The minimum atomic E-state index is -1.25. The number of carbonyl (C=O) groups is 3. The summed E-state index contributed by atoms with van der Waals surface area (Å²) in [4.78, 5) is 38.4. The van der Waals surface area contributed by atoms with Crippen molar-refractivity contribution in [2.24, 2.45) is 17.3 Å². The maximum Gasteiger partial charge on any atom is 0.337 e. The third-order valence-electron chi connectivity index (χ3n) is 6.99. The molecule has 2 heterocycles. The molecule has 0 aromatic heterocycles. The summed E-state index contributed by atoms with van der Waals surface area (Å²) in [6, 6.07) is 9.42. The van der Waals surface area contributed by atoms with Gasteiger partial charge in [0.05, 0.1) is 31.3 Å². The van der Waals surface area contributed by atoms with Gasteiger partial charge in [0.15, 0.2) is 0 Å². The van der Waals surface area contributed by atoms with E-state index >= 15 is 0 Å². The van der Waals surface area contributed by atoms with Crippen LogP contribution < -0.4 is 0 Å². The molecular weight excluding hydrogens is 495 g/mol. The molecule has 35 heavy (non-hydrogen) atoms. The van der Waals surface area contributed by atoms with E-state index in [0.717, 1.165) is 5.56 Å². The van der Waals surface area contributed by atoms with Crippen molar-refractivity contribution in [1.29, 1.82) is 0 Å². The largest absolute Gasteiger partial charge is 0.466 e. The van der Waals surface area contributed by atoms with Gasteiger partial charge in [-0.05, 0) is 34.6 Å². The molecule has 0 amide bonds. The minimum Gasteiger partial charge on any atom is -0.466 e. The number of fused-ring (bicyclic) bond motifs is 2. The Balaban J connectivity index is 1.62. The molecular formula is C26H26Cl2O7. The van der Waals surface area contributed by atoms with Crippen molar-refractivity contribution < 1.29 is 33.3 Å². The molecule has 0 saturated heterocycles. The maximum atomic E-state index is 12.9. The molecule has 1 saturated carbocycles. The summed E-state index contributed by atoms with van der Waals surface area (Å²) in [6.45, 7) is 3.77. The smallest absolute Gasteiger partial charge is 0.337 e. The second-order valence-electron chi connectivity index (χ2n) is 9.43. The number of ether oxygens (including phenoxy) is 4. The van der Waals surface area contributed by atoms with Crippen molar-refractivity contribution in [3.05, 3.63) is 69.3 Å². The van der Waals surface area contributed by atoms with E-state index in [0.29, 0.717) is 5.57 Å². The van der Waals surface area contributed by atoms with Gasteiger partial charge in [0.2, 0.25) is 0 Å². The first kappa shape index (κ1) is 25.5. The van der Waals surface area contributed by atoms with Crippen LogP contribution in [0.2, 0.25) is 0 Å². The summed E-state index contributed by atoms with van der Waals surface area (Å²) in [5.74, 6) is -2.31. The number of allylic oxidation sites excluding steroid dienone is 1. The molecule has 3 aliphatic rings. The Morgan fingerprint density at radius 2 is 1.71 bits per heavy atom. The lowest BCUT2D eigenvalue weighted by Gasteiger charge is -2.26. The van der Waals surface area contributed by atoms with Crippen LogP contribution in [0, 0.1) is 17.3 Å². The third kappa shape index (κ3) is 4.53. The lowest BCUT2D eigenvalue weighted by molar-refractivity contribution is -0.145. The average Bonchev–Trinajstić information content (AvgIpc) is 3.10. The van der Waals surface area contributed by atoms with Gasteiger partial charge in [-0.2, -0.15) is 0 Å². The first-order valence-corrected chi connectivity index (χ1v) is 11.9. The van der Waals surface area contributed by atoms with E-state index in [9.17, 15) is 14.4 Å². The molecule has 7 nitrogen and oxygen atoms in total. The van der Waals surface area contributed by atoms with Crippen LogP contribution in [0.25, 0.3) is 0 Å². The Bertz CT molecular complexity index is 1150. The van der Waals surface area contributed by atoms with Crippen LogP contribution >= 0.6 is 23.2 Å². The molecule has 2 bridgehead atoms. The van der Waals surface area contributed by atoms with Gasteiger partial charge in [0.1, 0.15) is 22.8 Å². The summed E-state index contributed by atoms with van der Waals surface area (Å²) in [5.41, 5.74) is 0.0194. The van der Waals surface area contributed by atoms with Gasteiger partial charge in [-0.3, -0.25) is 4.79 Å². The minimum absolute atomic E-state index is 0.0605. The molecule has 9 heteroatoms. The number of methoxy groups -OCH3 is 2. The van der Waals surface area contributed by atoms with Crippen molar-refractivity contribution >= 4 is 41.1 Å². The van der Waals surface area contributed by atoms with Crippen molar-refractivity contribution in [2.75, 3.05) is 20.8 Å². The van der Waals surface area contributed by atoms with Crippen molar-refractivity contribution in [3.8, 4) is 0 Å². The van der Waals surface area contributed by atoms with E-state index < -0.39 is 35.5 Å². The lowest BCUT2D eigenvalue weighted by Crippen LogP contribution is -2.35. The summed E-state index contributed by atoms with van der Waals surface area (Å²) in [6.07, 6.45) is 2.78. The highest BCUT2D eigenvalue weighted by Gasteiger charge is 2.62. The van der Waals surface area contributed by atoms with Crippen molar-refractivity contribution in [1.82, 2.24) is 0 Å². The highest BCUT2D eigenvalue weighted by atomic mass is 35.5. The zero-order valence-electron chi connectivity index (χ0n) is 19.8. The molecule has 2 unspecified atom stereocenters. The van der Waals surface area contributed by atoms with Gasteiger partial charge in [-0.25, -0.2) is 9.59 Å². The first-order valence-electron chi connectivity index (χ1n) is 11.1. The average molecular weight is 521 g/mol. The fraction of sp³-hybridized carbons (Fsp3) is 0.423. The van der Waals surface area contributed by atoms with E-state index in [1.165, 1.54) is 14.2 Å². The number of rotatable bonds is 8. The standard InChI is InChI=1S/C26H26Cl2O7/c1-25(2)16(10-17(27)28)19(25)24(31)34-13-15-12-26(11-14-8-6-5-7-9-14)20(23(30)33-4)18(21(15)35-26)22(29)32-3/h5-10,12,16,19,21H,11,13H2,1-4H3/t16-,19-,21?,26?/m0/s1. The van der Waals surface area contributed by atoms with Gasteiger partial charge in [0, 0.05) is 6.42 Å². The van der Waals surface area contributed by atoms with Crippen molar-refractivity contribution in [3.63, 3.8) is 0 Å². The Morgan fingerprint density at radius 3 is 2.31 bits per heavy atom. The lowest BCUT2D eigenvalue weighted by atomic mass is 9.80. The number of hydrogen-bond donors (Lipinski definition) is 0. The Morgan fingerprint density at radius 1 is 1.06 bits per heavy atom. The predicted octanol–water partition coefficient (Wildman–Crippen LogP) is 4.08. The van der Waals surface area contributed by atoms with Crippen LogP contribution in [-0.2, 0) is 39.8 Å². The topological polar surface area (TPSA) is 88.1 Å². The summed E-state index contributed by atoms with van der Waals surface area (Å²) >= 11 is 11.6. The summed E-state index contributed by atoms with van der Waals surface area (Å²) in [5, 5.41) is 0. The Hall–Kier alpha value is -2.61. The van der Waals surface area contributed by atoms with Gasteiger partial charge < -0.3 is 18.9 Å².